The van der Waals surface area contributed by atoms with E-state index in [4.69, 9.17) is 16.7 Å². The first-order chi connectivity index (χ1) is 11.5. The zero-order valence-electron chi connectivity index (χ0n) is 12.8. The molecule has 0 aliphatic rings. The smallest absolute Gasteiger partial charge is 0.313 e. The van der Waals surface area contributed by atoms with Gasteiger partial charge in [-0.05, 0) is 36.8 Å². The van der Waals surface area contributed by atoms with Gasteiger partial charge in [0.15, 0.2) is 0 Å². The van der Waals surface area contributed by atoms with Gasteiger partial charge >= 0.3 is 5.97 Å². The maximum absolute atomic E-state index is 10.9. The highest BCUT2D eigenvalue weighted by atomic mass is 35.5. The van der Waals surface area contributed by atoms with E-state index in [2.05, 4.69) is 15.3 Å². The summed E-state index contributed by atoms with van der Waals surface area (Å²) < 4.78 is 0. The summed E-state index contributed by atoms with van der Waals surface area (Å²) in [6, 6.07) is 13.0. The van der Waals surface area contributed by atoms with E-state index in [9.17, 15) is 4.79 Å². The highest BCUT2D eigenvalue weighted by Gasteiger charge is 2.11. The van der Waals surface area contributed by atoms with Crippen molar-refractivity contribution < 1.29 is 9.90 Å². The molecule has 5 nitrogen and oxygen atoms in total. The Bertz CT molecular complexity index is 917. The van der Waals surface area contributed by atoms with Crippen LogP contribution in [0.25, 0.3) is 10.9 Å². The number of anilines is 2. The molecule has 0 radical (unpaired) electrons. The molecule has 0 aliphatic heterocycles. The van der Waals surface area contributed by atoms with Gasteiger partial charge in [-0.2, -0.15) is 0 Å². The zero-order valence-corrected chi connectivity index (χ0v) is 14.4. The summed E-state index contributed by atoms with van der Waals surface area (Å²) in [5.74, 6) is -0.516. The van der Waals surface area contributed by atoms with Crippen molar-refractivity contribution in [1.29, 1.82) is 0 Å². The molecular weight excluding hydrogens is 346 g/mol. The number of hydrogen-bond acceptors (Lipinski definition) is 5. The number of nitrogens with zero attached hydrogens (tertiary/aromatic N) is 2. The molecule has 0 amide bonds. The Morgan fingerprint density at radius 1 is 1.25 bits per heavy atom. The topological polar surface area (TPSA) is 75.1 Å². The summed E-state index contributed by atoms with van der Waals surface area (Å²) in [5.41, 5.74) is 2.58. The van der Waals surface area contributed by atoms with Crippen molar-refractivity contribution >= 4 is 51.9 Å². The molecule has 0 atom stereocenters. The van der Waals surface area contributed by atoms with Crippen molar-refractivity contribution in [1.82, 2.24) is 9.97 Å². The van der Waals surface area contributed by atoms with Crippen molar-refractivity contribution in [3.05, 3.63) is 53.1 Å². The number of nitrogens with one attached hydrogen (secondary N) is 1. The van der Waals surface area contributed by atoms with E-state index in [1.807, 2.05) is 43.3 Å². The van der Waals surface area contributed by atoms with Gasteiger partial charge in [-0.3, -0.25) is 4.79 Å². The van der Waals surface area contributed by atoms with Gasteiger partial charge in [0, 0.05) is 16.1 Å². The van der Waals surface area contributed by atoms with Crippen LogP contribution in [0.2, 0.25) is 5.02 Å². The van der Waals surface area contributed by atoms with Crippen LogP contribution in [-0.4, -0.2) is 26.8 Å². The maximum Gasteiger partial charge on any atom is 0.313 e. The molecule has 0 aliphatic carbocycles. The highest BCUT2D eigenvalue weighted by Crippen LogP contribution is 2.28. The molecule has 0 bridgehead atoms. The lowest BCUT2D eigenvalue weighted by atomic mass is 10.2. The number of carboxylic acids is 1. The van der Waals surface area contributed by atoms with Crippen LogP contribution in [0.5, 0.6) is 0 Å². The second-order valence-electron chi connectivity index (χ2n) is 5.14. The Morgan fingerprint density at radius 2 is 2.04 bits per heavy atom. The lowest BCUT2D eigenvalue weighted by molar-refractivity contribution is -0.133. The van der Waals surface area contributed by atoms with Gasteiger partial charge in [-0.15, -0.1) is 0 Å². The van der Waals surface area contributed by atoms with Crippen molar-refractivity contribution in [2.45, 2.75) is 11.9 Å². The molecule has 1 aromatic heterocycles. The Labute approximate surface area is 148 Å². The number of aromatic nitrogens is 2. The SMILES string of the molecule is Cc1cc(Cl)ccc1Nc1nc(SCC(=O)O)c2ccccc2n1. The lowest BCUT2D eigenvalue weighted by Gasteiger charge is -2.11. The molecule has 0 unspecified atom stereocenters. The number of halogens is 1. The van der Waals surface area contributed by atoms with Crippen molar-refractivity contribution in [2.24, 2.45) is 0 Å². The number of aryl methyl sites for hydroxylation is 1. The Balaban J connectivity index is 1.99. The van der Waals surface area contributed by atoms with E-state index in [0.717, 1.165) is 22.2 Å². The van der Waals surface area contributed by atoms with E-state index in [0.29, 0.717) is 16.0 Å². The monoisotopic (exact) mass is 359 g/mol. The number of aliphatic carboxylic acids is 1. The van der Waals surface area contributed by atoms with E-state index >= 15 is 0 Å². The number of benzene rings is 2. The molecule has 7 heteroatoms. The minimum atomic E-state index is -0.884. The highest BCUT2D eigenvalue weighted by molar-refractivity contribution is 8.00. The second-order valence-corrected chi connectivity index (χ2v) is 6.54. The molecule has 2 N–H and O–H groups in total. The van der Waals surface area contributed by atoms with Crippen LogP contribution in [0.15, 0.2) is 47.5 Å². The van der Waals surface area contributed by atoms with Gasteiger partial charge in [0.25, 0.3) is 0 Å². The lowest BCUT2D eigenvalue weighted by Crippen LogP contribution is -2.03. The summed E-state index contributed by atoms with van der Waals surface area (Å²) in [6.07, 6.45) is 0. The molecule has 1 heterocycles. The average molecular weight is 360 g/mol. The van der Waals surface area contributed by atoms with E-state index in [1.54, 1.807) is 6.07 Å². The van der Waals surface area contributed by atoms with Crippen molar-refractivity contribution in [2.75, 3.05) is 11.1 Å². The molecule has 3 aromatic rings. The van der Waals surface area contributed by atoms with Crippen LogP contribution in [0.3, 0.4) is 0 Å². The normalized spacial score (nSPS) is 10.8. The fourth-order valence-corrected chi connectivity index (χ4v) is 3.20. The number of rotatable bonds is 5. The quantitative estimate of drug-likeness (QED) is 0.515. The number of fused-ring (bicyclic) bond motifs is 1. The first-order valence-electron chi connectivity index (χ1n) is 7.17. The molecule has 0 spiro atoms. The molecular formula is C17H14ClN3O2S. The number of hydrogen-bond donors (Lipinski definition) is 2. The Hall–Kier alpha value is -2.31. The second kappa shape index (κ2) is 7.07. The van der Waals surface area contributed by atoms with Crippen LogP contribution in [0, 0.1) is 6.92 Å². The van der Waals surface area contributed by atoms with Gasteiger partial charge in [-0.1, -0.05) is 41.6 Å². The van der Waals surface area contributed by atoms with Gasteiger partial charge < -0.3 is 10.4 Å². The Kier molecular flexibility index (Phi) is 4.87. The average Bonchev–Trinajstić information content (AvgIpc) is 2.55. The molecule has 122 valence electrons. The van der Waals surface area contributed by atoms with E-state index < -0.39 is 5.97 Å². The number of carbonyl (C=O) groups is 1. The summed E-state index contributed by atoms with van der Waals surface area (Å²) in [5, 5.41) is 14.2. The van der Waals surface area contributed by atoms with Crippen molar-refractivity contribution in [3.63, 3.8) is 0 Å². The van der Waals surface area contributed by atoms with E-state index in [1.165, 1.54) is 11.8 Å². The van der Waals surface area contributed by atoms with Gasteiger partial charge in [-0.25, -0.2) is 9.97 Å². The standard InChI is InChI=1S/C17H14ClN3O2S/c1-10-8-11(18)6-7-13(10)19-17-20-14-5-3-2-4-12(14)16(21-17)24-9-15(22)23/h2-8H,9H2,1H3,(H,22,23)(H,19,20,21). The van der Waals surface area contributed by atoms with Gasteiger partial charge in [0.1, 0.15) is 5.03 Å². The predicted octanol–water partition coefficient (Wildman–Crippen LogP) is 4.51. The van der Waals surface area contributed by atoms with Crippen LogP contribution < -0.4 is 5.32 Å². The minimum absolute atomic E-state index is 0.0551. The summed E-state index contributed by atoms with van der Waals surface area (Å²) >= 11 is 7.15. The number of thioether (sulfide) groups is 1. The largest absolute Gasteiger partial charge is 0.481 e. The van der Waals surface area contributed by atoms with Crippen LogP contribution in [0.1, 0.15) is 5.56 Å². The predicted molar refractivity (Wildman–Crippen MR) is 97.4 cm³/mol. The third kappa shape index (κ3) is 3.77. The summed E-state index contributed by atoms with van der Waals surface area (Å²) in [4.78, 5) is 19.9. The van der Waals surface area contributed by atoms with Crippen LogP contribution >= 0.6 is 23.4 Å². The van der Waals surface area contributed by atoms with Crippen molar-refractivity contribution in [3.8, 4) is 0 Å². The zero-order chi connectivity index (χ0) is 17.1. The molecule has 3 rings (SSSR count). The molecule has 2 aromatic carbocycles. The summed E-state index contributed by atoms with van der Waals surface area (Å²) in [6.45, 7) is 1.94. The Morgan fingerprint density at radius 3 is 2.79 bits per heavy atom. The van der Waals surface area contributed by atoms with Gasteiger partial charge in [0.05, 0.1) is 11.3 Å². The molecule has 0 fully saturated rings. The number of carboxylic acid groups (broad SMARTS) is 1. The first kappa shape index (κ1) is 16.5. The molecule has 0 saturated heterocycles. The first-order valence-corrected chi connectivity index (χ1v) is 8.54. The van der Waals surface area contributed by atoms with Crippen LogP contribution in [-0.2, 0) is 4.79 Å². The fourth-order valence-electron chi connectivity index (χ4n) is 2.23. The molecule has 24 heavy (non-hydrogen) atoms. The molecule has 0 saturated carbocycles. The maximum atomic E-state index is 10.9. The third-order valence-electron chi connectivity index (χ3n) is 3.34. The third-order valence-corrected chi connectivity index (χ3v) is 4.55. The fraction of sp³-hybridized carbons (Fsp3) is 0.118. The minimum Gasteiger partial charge on any atom is -0.481 e. The van der Waals surface area contributed by atoms with Crippen LogP contribution in [0.4, 0.5) is 11.6 Å². The van der Waals surface area contributed by atoms with Gasteiger partial charge in [0.2, 0.25) is 5.95 Å². The number of para-hydroxylation sites is 1. The van der Waals surface area contributed by atoms with E-state index in [-0.39, 0.29) is 5.75 Å². The summed E-state index contributed by atoms with van der Waals surface area (Å²) in [7, 11) is 0.